The van der Waals surface area contributed by atoms with E-state index in [9.17, 15) is 14.0 Å². The molecule has 35 heavy (non-hydrogen) atoms. The number of aromatic nitrogens is 2. The number of morpholine rings is 1. The Morgan fingerprint density at radius 3 is 2.49 bits per heavy atom. The maximum Gasteiger partial charge on any atom is 0.251 e. The molecule has 3 aromatic rings. The first-order chi connectivity index (χ1) is 17.0. The molecule has 1 saturated heterocycles. The van der Waals surface area contributed by atoms with Gasteiger partial charge in [-0.3, -0.25) is 14.5 Å². The fourth-order valence-corrected chi connectivity index (χ4v) is 4.58. The lowest BCUT2D eigenvalue weighted by atomic mass is 10.0. The second-order valence-electron chi connectivity index (χ2n) is 8.16. The van der Waals surface area contributed by atoms with Gasteiger partial charge in [-0.2, -0.15) is 0 Å². The van der Waals surface area contributed by atoms with E-state index in [4.69, 9.17) is 4.74 Å². The van der Waals surface area contributed by atoms with Crippen LogP contribution in [0.1, 0.15) is 22.0 Å². The zero-order valence-electron chi connectivity index (χ0n) is 19.4. The molecule has 10 heteroatoms. The van der Waals surface area contributed by atoms with E-state index in [1.807, 2.05) is 17.8 Å². The Labute approximate surface area is 207 Å². The molecule has 0 spiro atoms. The van der Waals surface area contributed by atoms with Gasteiger partial charge in [0, 0.05) is 50.3 Å². The number of anilines is 1. The van der Waals surface area contributed by atoms with Crippen LogP contribution < -0.4 is 10.6 Å². The molecule has 2 amide bonds. The van der Waals surface area contributed by atoms with Crippen molar-refractivity contribution in [3.05, 3.63) is 77.9 Å². The molecule has 0 radical (unpaired) electrons. The van der Waals surface area contributed by atoms with Crippen LogP contribution in [0, 0.1) is 5.82 Å². The van der Waals surface area contributed by atoms with E-state index >= 15 is 0 Å². The fourth-order valence-electron chi connectivity index (χ4n) is 3.85. The van der Waals surface area contributed by atoms with E-state index in [1.165, 1.54) is 23.9 Å². The number of halogens is 1. The Kier molecular flexibility index (Phi) is 8.51. The summed E-state index contributed by atoms with van der Waals surface area (Å²) in [6, 6.07) is 13.1. The topological polar surface area (TPSA) is 88.5 Å². The van der Waals surface area contributed by atoms with Crippen molar-refractivity contribution < 1.29 is 18.7 Å². The lowest BCUT2D eigenvalue weighted by Crippen LogP contribution is -2.43. The number of hydrogen-bond donors (Lipinski definition) is 2. The van der Waals surface area contributed by atoms with Crippen LogP contribution in [-0.2, 0) is 16.6 Å². The van der Waals surface area contributed by atoms with Gasteiger partial charge in [0.2, 0.25) is 5.91 Å². The number of nitrogens with zero attached hydrogens (tertiary/aromatic N) is 3. The molecule has 1 aliphatic heterocycles. The molecule has 2 heterocycles. The first-order valence-electron chi connectivity index (χ1n) is 11.3. The molecule has 1 atom stereocenters. The first kappa shape index (κ1) is 24.9. The molecule has 2 N–H and O–H groups in total. The van der Waals surface area contributed by atoms with Crippen LogP contribution in [0.5, 0.6) is 0 Å². The normalized spacial score (nSPS) is 14.9. The summed E-state index contributed by atoms with van der Waals surface area (Å²) in [5.41, 5.74) is 2.05. The van der Waals surface area contributed by atoms with Crippen LogP contribution in [0.4, 0.5) is 10.1 Å². The third kappa shape index (κ3) is 6.91. The van der Waals surface area contributed by atoms with Crippen molar-refractivity contribution in [2.45, 2.75) is 11.2 Å². The van der Waals surface area contributed by atoms with E-state index < -0.39 is 0 Å². The number of amides is 2. The van der Waals surface area contributed by atoms with Crippen molar-refractivity contribution in [2.24, 2.45) is 7.05 Å². The molecule has 8 nitrogen and oxygen atoms in total. The van der Waals surface area contributed by atoms with Crippen molar-refractivity contribution in [1.82, 2.24) is 19.8 Å². The van der Waals surface area contributed by atoms with Crippen molar-refractivity contribution in [1.29, 1.82) is 0 Å². The Balaban J connectivity index is 1.32. The lowest BCUT2D eigenvalue weighted by molar-refractivity contribution is -0.113. The fraction of sp³-hybridized carbons (Fsp3) is 0.320. The van der Waals surface area contributed by atoms with Gasteiger partial charge in [-0.1, -0.05) is 23.9 Å². The van der Waals surface area contributed by atoms with Gasteiger partial charge in [0.15, 0.2) is 5.16 Å². The van der Waals surface area contributed by atoms with Crippen molar-refractivity contribution >= 4 is 29.3 Å². The summed E-state index contributed by atoms with van der Waals surface area (Å²) in [4.78, 5) is 31.5. The molecule has 1 fully saturated rings. The SMILES string of the molecule is Cn1ccnc1SCC(=O)Nc1ccc(C(=O)NCC(c2ccc(F)cc2)N2CCOCC2)cc1. The number of nitrogens with one attached hydrogen (secondary N) is 2. The average Bonchev–Trinajstić information content (AvgIpc) is 3.29. The minimum atomic E-state index is -0.291. The third-order valence-corrected chi connectivity index (χ3v) is 6.80. The molecule has 0 aliphatic carbocycles. The Hall–Kier alpha value is -3.21. The summed E-state index contributed by atoms with van der Waals surface area (Å²) < 4.78 is 20.7. The van der Waals surface area contributed by atoms with Gasteiger partial charge in [0.05, 0.1) is 25.0 Å². The number of rotatable bonds is 9. The van der Waals surface area contributed by atoms with Gasteiger partial charge in [-0.15, -0.1) is 0 Å². The molecular weight excluding hydrogens is 469 g/mol. The van der Waals surface area contributed by atoms with E-state index in [0.717, 1.165) is 23.8 Å². The van der Waals surface area contributed by atoms with Gasteiger partial charge >= 0.3 is 0 Å². The molecule has 4 rings (SSSR count). The Morgan fingerprint density at radius 1 is 1.11 bits per heavy atom. The number of imidazole rings is 1. The summed E-state index contributed by atoms with van der Waals surface area (Å²) in [7, 11) is 1.87. The predicted molar refractivity (Wildman–Crippen MR) is 133 cm³/mol. The van der Waals surface area contributed by atoms with Crippen LogP contribution in [0.15, 0.2) is 66.1 Å². The second kappa shape index (κ2) is 12.0. The quantitative estimate of drug-likeness (QED) is 0.442. The smallest absolute Gasteiger partial charge is 0.251 e. The number of benzene rings is 2. The van der Waals surface area contributed by atoms with E-state index in [2.05, 4.69) is 20.5 Å². The zero-order valence-corrected chi connectivity index (χ0v) is 20.3. The molecule has 2 aromatic carbocycles. The van der Waals surface area contributed by atoms with Gasteiger partial charge < -0.3 is 19.9 Å². The standard InChI is InChI=1S/C25H28FN5O3S/c1-30-11-10-27-25(30)35-17-23(32)29-21-8-4-19(5-9-21)24(33)28-16-22(31-12-14-34-15-13-31)18-2-6-20(26)7-3-18/h2-11,22H,12-17H2,1H3,(H,28,33)(H,29,32). The second-order valence-corrected chi connectivity index (χ2v) is 9.10. The van der Waals surface area contributed by atoms with Crippen molar-refractivity contribution in [3.63, 3.8) is 0 Å². The van der Waals surface area contributed by atoms with E-state index in [1.54, 1.807) is 42.6 Å². The van der Waals surface area contributed by atoms with Gasteiger partial charge in [0.1, 0.15) is 5.82 Å². The molecular formula is C25H28FN5O3S. The highest BCUT2D eigenvalue weighted by atomic mass is 32.2. The number of carbonyl (C=O) groups is 2. The highest BCUT2D eigenvalue weighted by Gasteiger charge is 2.23. The minimum absolute atomic E-state index is 0.0850. The van der Waals surface area contributed by atoms with Crippen LogP contribution in [-0.4, -0.2) is 64.9 Å². The van der Waals surface area contributed by atoms with Gasteiger partial charge in [-0.05, 0) is 42.0 Å². The summed E-state index contributed by atoms with van der Waals surface area (Å²) >= 11 is 1.35. The zero-order chi connectivity index (χ0) is 24.6. The number of aryl methyl sites for hydroxylation is 1. The maximum atomic E-state index is 13.4. The lowest BCUT2D eigenvalue weighted by Gasteiger charge is -2.35. The minimum Gasteiger partial charge on any atom is -0.379 e. The summed E-state index contributed by atoms with van der Waals surface area (Å²) in [6.07, 6.45) is 3.51. The average molecular weight is 498 g/mol. The van der Waals surface area contributed by atoms with Crippen LogP contribution in [0.2, 0.25) is 0 Å². The van der Waals surface area contributed by atoms with Crippen LogP contribution in [0.25, 0.3) is 0 Å². The molecule has 0 saturated carbocycles. The van der Waals surface area contributed by atoms with Gasteiger partial charge in [0.25, 0.3) is 5.91 Å². The predicted octanol–water partition coefficient (Wildman–Crippen LogP) is 3.09. The third-order valence-electron chi connectivity index (χ3n) is 5.74. The van der Waals surface area contributed by atoms with Crippen LogP contribution >= 0.6 is 11.8 Å². The molecule has 1 unspecified atom stereocenters. The molecule has 1 aromatic heterocycles. The van der Waals surface area contributed by atoms with Crippen LogP contribution in [0.3, 0.4) is 0 Å². The van der Waals surface area contributed by atoms with E-state index in [-0.39, 0.29) is 29.4 Å². The Morgan fingerprint density at radius 2 is 1.83 bits per heavy atom. The molecule has 1 aliphatic rings. The number of thioether (sulfide) groups is 1. The van der Waals surface area contributed by atoms with Gasteiger partial charge in [-0.25, -0.2) is 9.37 Å². The highest BCUT2D eigenvalue weighted by Crippen LogP contribution is 2.22. The monoisotopic (exact) mass is 497 g/mol. The van der Waals surface area contributed by atoms with E-state index in [0.29, 0.717) is 31.0 Å². The summed E-state index contributed by atoms with van der Waals surface area (Å²) in [5.74, 6) is -0.420. The summed E-state index contributed by atoms with van der Waals surface area (Å²) in [6.45, 7) is 3.11. The number of carbonyl (C=O) groups excluding carboxylic acids is 2. The molecule has 184 valence electrons. The largest absolute Gasteiger partial charge is 0.379 e. The van der Waals surface area contributed by atoms with Crippen molar-refractivity contribution in [3.8, 4) is 0 Å². The van der Waals surface area contributed by atoms with Crippen molar-refractivity contribution in [2.75, 3.05) is 43.9 Å². The first-order valence-corrected chi connectivity index (χ1v) is 12.3. The highest BCUT2D eigenvalue weighted by molar-refractivity contribution is 7.99. The number of ether oxygens (including phenoxy) is 1. The number of hydrogen-bond acceptors (Lipinski definition) is 6. The summed E-state index contributed by atoms with van der Waals surface area (Å²) in [5, 5.41) is 6.59. The Bertz CT molecular complexity index is 1130. The maximum absolute atomic E-state index is 13.4. The molecule has 0 bridgehead atoms.